The number of carboxylic acids is 1. The molecule has 1 heterocycles. The van der Waals surface area contributed by atoms with Crippen molar-refractivity contribution in [3.63, 3.8) is 0 Å². The van der Waals surface area contributed by atoms with Crippen molar-refractivity contribution >= 4 is 23.2 Å². The van der Waals surface area contributed by atoms with Crippen LogP contribution in [0, 0.1) is 18.8 Å². The van der Waals surface area contributed by atoms with E-state index in [0.717, 1.165) is 29.1 Å². The molecule has 1 aliphatic carbocycles. The summed E-state index contributed by atoms with van der Waals surface area (Å²) in [6.07, 6.45) is 3.11. The van der Waals surface area contributed by atoms with Crippen molar-refractivity contribution in [2.24, 2.45) is 11.8 Å². The SMILES string of the molecule is Cc1nc(-c2ccccc2)sc1C(=O)NCC1CCC(C(=O)O)CC1. The van der Waals surface area contributed by atoms with Crippen molar-refractivity contribution in [3.8, 4) is 10.6 Å². The fraction of sp³-hybridized carbons (Fsp3) is 0.421. The largest absolute Gasteiger partial charge is 0.481 e. The summed E-state index contributed by atoms with van der Waals surface area (Å²) >= 11 is 1.41. The predicted octanol–water partition coefficient (Wildman–Crippen LogP) is 3.74. The van der Waals surface area contributed by atoms with E-state index in [-0.39, 0.29) is 11.8 Å². The van der Waals surface area contributed by atoms with Gasteiger partial charge >= 0.3 is 5.97 Å². The lowest BCUT2D eigenvalue weighted by molar-refractivity contribution is -0.143. The van der Waals surface area contributed by atoms with Gasteiger partial charge in [0.1, 0.15) is 9.88 Å². The van der Waals surface area contributed by atoms with Gasteiger partial charge in [0, 0.05) is 12.1 Å². The predicted molar refractivity (Wildman–Crippen MR) is 97.7 cm³/mol. The third kappa shape index (κ3) is 4.25. The Labute approximate surface area is 151 Å². The van der Waals surface area contributed by atoms with Crippen LogP contribution in [0.4, 0.5) is 0 Å². The van der Waals surface area contributed by atoms with Crippen LogP contribution in [0.25, 0.3) is 10.6 Å². The monoisotopic (exact) mass is 358 g/mol. The number of carbonyl (C=O) groups is 2. The molecule has 0 radical (unpaired) electrons. The zero-order valence-electron chi connectivity index (χ0n) is 14.2. The maximum atomic E-state index is 12.5. The van der Waals surface area contributed by atoms with E-state index >= 15 is 0 Å². The number of aromatic nitrogens is 1. The van der Waals surface area contributed by atoms with Gasteiger partial charge < -0.3 is 10.4 Å². The van der Waals surface area contributed by atoms with Crippen LogP contribution >= 0.6 is 11.3 Å². The van der Waals surface area contributed by atoms with E-state index in [0.29, 0.717) is 30.2 Å². The molecule has 1 saturated carbocycles. The lowest BCUT2D eigenvalue weighted by Crippen LogP contribution is -2.32. The first-order valence-corrected chi connectivity index (χ1v) is 9.40. The quantitative estimate of drug-likeness (QED) is 0.853. The summed E-state index contributed by atoms with van der Waals surface area (Å²) in [5.74, 6) is -0.640. The van der Waals surface area contributed by atoms with Crippen molar-refractivity contribution in [3.05, 3.63) is 40.9 Å². The number of carboxylic acid groups (broad SMARTS) is 1. The van der Waals surface area contributed by atoms with Gasteiger partial charge in [-0.05, 0) is 38.5 Å². The van der Waals surface area contributed by atoms with E-state index in [2.05, 4.69) is 10.3 Å². The smallest absolute Gasteiger partial charge is 0.306 e. The summed E-state index contributed by atoms with van der Waals surface area (Å²) in [4.78, 5) is 28.7. The first kappa shape index (κ1) is 17.6. The molecule has 0 unspecified atom stereocenters. The fourth-order valence-corrected chi connectivity index (χ4v) is 4.23. The van der Waals surface area contributed by atoms with Crippen LogP contribution in [0.5, 0.6) is 0 Å². The Morgan fingerprint density at radius 2 is 1.88 bits per heavy atom. The van der Waals surface area contributed by atoms with Gasteiger partial charge in [-0.25, -0.2) is 4.98 Å². The summed E-state index contributed by atoms with van der Waals surface area (Å²) in [6, 6.07) is 9.84. The maximum absolute atomic E-state index is 12.5. The molecule has 25 heavy (non-hydrogen) atoms. The molecular formula is C19H22N2O3S. The average molecular weight is 358 g/mol. The number of carbonyl (C=O) groups excluding carboxylic acids is 1. The minimum atomic E-state index is -0.698. The molecule has 132 valence electrons. The number of benzene rings is 1. The Bertz CT molecular complexity index is 749. The molecule has 6 heteroatoms. The van der Waals surface area contributed by atoms with E-state index in [1.165, 1.54) is 11.3 Å². The molecule has 3 rings (SSSR count). The Hall–Kier alpha value is -2.21. The number of thiazole rings is 1. The van der Waals surface area contributed by atoms with Gasteiger partial charge in [-0.3, -0.25) is 9.59 Å². The first-order chi connectivity index (χ1) is 12.0. The van der Waals surface area contributed by atoms with Gasteiger partial charge in [-0.15, -0.1) is 11.3 Å². The topological polar surface area (TPSA) is 79.3 Å². The van der Waals surface area contributed by atoms with Crippen molar-refractivity contribution in [1.29, 1.82) is 0 Å². The molecule has 0 spiro atoms. The number of hydrogen-bond acceptors (Lipinski definition) is 4. The molecule has 0 bridgehead atoms. The summed E-state index contributed by atoms with van der Waals surface area (Å²) in [7, 11) is 0. The van der Waals surface area contributed by atoms with E-state index < -0.39 is 5.97 Å². The standard InChI is InChI=1S/C19H22N2O3S/c1-12-16(25-18(21-12)14-5-3-2-4-6-14)17(22)20-11-13-7-9-15(10-8-13)19(23)24/h2-6,13,15H,7-11H2,1H3,(H,20,22)(H,23,24). The van der Waals surface area contributed by atoms with Gasteiger partial charge in [0.05, 0.1) is 11.6 Å². The Morgan fingerprint density at radius 3 is 2.52 bits per heavy atom. The van der Waals surface area contributed by atoms with Crippen molar-refractivity contribution in [1.82, 2.24) is 10.3 Å². The Balaban J connectivity index is 1.57. The molecule has 2 aromatic rings. The highest BCUT2D eigenvalue weighted by Crippen LogP contribution is 2.30. The van der Waals surface area contributed by atoms with Gasteiger partial charge in [-0.2, -0.15) is 0 Å². The number of amides is 1. The number of nitrogens with one attached hydrogen (secondary N) is 1. The zero-order valence-corrected chi connectivity index (χ0v) is 15.0. The first-order valence-electron chi connectivity index (χ1n) is 8.58. The van der Waals surface area contributed by atoms with Crippen LogP contribution in [0.2, 0.25) is 0 Å². The molecular weight excluding hydrogens is 336 g/mol. The second-order valence-electron chi connectivity index (χ2n) is 6.57. The van der Waals surface area contributed by atoms with Gasteiger partial charge in [0.2, 0.25) is 0 Å². The highest BCUT2D eigenvalue weighted by Gasteiger charge is 2.26. The average Bonchev–Trinajstić information content (AvgIpc) is 3.02. The van der Waals surface area contributed by atoms with Crippen molar-refractivity contribution in [2.45, 2.75) is 32.6 Å². The minimum Gasteiger partial charge on any atom is -0.481 e. The van der Waals surface area contributed by atoms with E-state index in [9.17, 15) is 9.59 Å². The molecule has 0 saturated heterocycles. The molecule has 2 N–H and O–H groups in total. The van der Waals surface area contributed by atoms with Gasteiger partial charge in [-0.1, -0.05) is 30.3 Å². The second kappa shape index (κ2) is 7.78. The lowest BCUT2D eigenvalue weighted by Gasteiger charge is -2.26. The number of aliphatic carboxylic acids is 1. The van der Waals surface area contributed by atoms with Gasteiger partial charge in [0.15, 0.2) is 0 Å². The number of rotatable bonds is 5. The minimum absolute atomic E-state index is 0.0856. The third-order valence-corrected chi connectivity index (χ3v) is 5.98. The normalized spacial score (nSPS) is 20.2. The number of hydrogen-bond donors (Lipinski definition) is 2. The molecule has 1 aliphatic rings. The fourth-order valence-electron chi connectivity index (χ4n) is 3.24. The second-order valence-corrected chi connectivity index (χ2v) is 7.56. The third-order valence-electron chi connectivity index (χ3n) is 4.77. The zero-order chi connectivity index (χ0) is 17.8. The van der Waals surface area contributed by atoms with Crippen LogP contribution in [-0.2, 0) is 4.79 Å². The molecule has 0 atom stereocenters. The van der Waals surface area contributed by atoms with E-state index in [1.807, 2.05) is 37.3 Å². The van der Waals surface area contributed by atoms with Crippen LogP contribution in [0.3, 0.4) is 0 Å². The molecule has 1 fully saturated rings. The van der Waals surface area contributed by atoms with Crippen LogP contribution < -0.4 is 5.32 Å². The van der Waals surface area contributed by atoms with Crippen molar-refractivity contribution < 1.29 is 14.7 Å². The number of aryl methyl sites for hydroxylation is 1. The van der Waals surface area contributed by atoms with Crippen molar-refractivity contribution in [2.75, 3.05) is 6.54 Å². The molecule has 0 aliphatic heterocycles. The van der Waals surface area contributed by atoms with Crippen LogP contribution in [0.1, 0.15) is 41.0 Å². The Morgan fingerprint density at radius 1 is 1.20 bits per heavy atom. The highest BCUT2D eigenvalue weighted by atomic mass is 32.1. The summed E-state index contributed by atoms with van der Waals surface area (Å²) in [5, 5.41) is 12.9. The molecule has 1 aromatic heterocycles. The highest BCUT2D eigenvalue weighted by molar-refractivity contribution is 7.17. The van der Waals surface area contributed by atoms with E-state index in [4.69, 9.17) is 5.11 Å². The molecule has 5 nitrogen and oxygen atoms in total. The van der Waals surface area contributed by atoms with Crippen LogP contribution in [-0.4, -0.2) is 28.5 Å². The summed E-state index contributed by atoms with van der Waals surface area (Å²) < 4.78 is 0. The molecule has 1 amide bonds. The Kier molecular flexibility index (Phi) is 5.48. The summed E-state index contributed by atoms with van der Waals surface area (Å²) in [6.45, 7) is 2.46. The maximum Gasteiger partial charge on any atom is 0.306 e. The lowest BCUT2D eigenvalue weighted by atomic mass is 9.82. The molecule has 1 aromatic carbocycles. The summed E-state index contributed by atoms with van der Waals surface area (Å²) in [5.41, 5.74) is 1.76. The van der Waals surface area contributed by atoms with E-state index in [1.54, 1.807) is 0 Å². The van der Waals surface area contributed by atoms with Crippen LogP contribution in [0.15, 0.2) is 30.3 Å². The van der Waals surface area contributed by atoms with Gasteiger partial charge in [0.25, 0.3) is 5.91 Å². The number of nitrogens with zero attached hydrogens (tertiary/aromatic N) is 1.